The summed E-state index contributed by atoms with van der Waals surface area (Å²) in [6.07, 6.45) is 12.7. The summed E-state index contributed by atoms with van der Waals surface area (Å²) in [5, 5.41) is 0. The zero-order chi connectivity index (χ0) is 14.9. The number of hydrogen-bond acceptors (Lipinski definition) is 2. The molecule has 2 rings (SSSR count). The van der Waals surface area contributed by atoms with Crippen LogP contribution in [0.2, 0.25) is 0 Å². The van der Waals surface area contributed by atoms with E-state index in [1.807, 2.05) is 0 Å². The Balaban J connectivity index is 1.87. The van der Waals surface area contributed by atoms with Crippen molar-refractivity contribution in [2.24, 2.45) is 0 Å². The summed E-state index contributed by atoms with van der Waals surface area (Å²) in [7, 11) is 1.72. The van der Waals surface area contributed by atoms with Gasteiger partial charge < -0.3 is 4.74 Å². The van der Waals surface area contributed by atoms with Crippen molar-refractivity contribution in [3.8, 4) is 5.75 Å². The fourth-order valence-corrected chi connectivity index (χ4v) is 3.00. The van der Waals surface area contributed by atoms with E-state index in [2.05, 4.69) is 48.2 Å². The number of rotatable bonds is 8. The Bertz CT molecular complexity index is 424. The lowest BCUT2D eigenvalue weighted by Gasteiger charge is -2.32. The average Bonchev–Trinajstić information content (AvgIpc) is 2.54. The van der Waals surface area contributed by atoms with Gasteiger partial charge in [0.15, 0.2) is 0 Å². The third-order valence-electron chi connectivity index (χ3n) is 4.31. The highest BCUT2D eigenvalue weighted by atomic mass is 16.5. The number of unbranched alkanes of at least 4 members (excludes halogenated alkanes) is 3. The van der Waals surface area contributed by atoms with Gasteiger partial charge in [-0.3, -0.25) is 4.90 Å². The summed E-state index contributed by atoms with van der Waals surface area (Å²) in [5.74, 6) is 0.938. The molecule has 0 radical (unpaired) electrons. The first kappa shape index (κ1) is 16.1. The number of nitrogens with zero attached hydrogens (tertiary/aromatic N) is 1. The molecule has 2 heteroatoms. The van der Waals surface area contributed by atoms with Crippen LogP contribution in [0, 0.1) is 0 Å². The van der Waals surface area contributed by atoms with Crippen LogP contribution in [0.15, 0.2) is 36.4 Å². The smallest absolute Gasteiger partial charge is 0.118 e. The summed E-state index contributed by atoms with van der Waals surface area (Å²) in [6, 6.07) is 9.12. The van der Waals surface area contributed by atoms with E-state index in [-0.39, 0.29) is 0 Å². The Labute approximate surface area is 129 Å². The van der Waals surface area contributed by atoms with Gasteiger partial charge in [-0.05, 0) is 30.5 Å². The highest BCUT2D eigenvalue weighted by Crippen LogP contribution is 2.20. The zero-order valence-corrected chi connectivity index (χ0v) is 13.6. The lowest BCUT2D eigenvalue weighted by Crippen LogP contribution is -2.36. The van der Waals surface area contributed by atoms with Crippen molar-refractivity contribution >= 4 is 0 Å². The first-order chi connectivity index (χ1) is 10.3. The maximum absolute atomic E-state index is 5.23. The van der Waals surface area contributed by atoms with E-state index in [9.17, 15) is 0 Å². The van der Waals surface area contributed by atoms with Crippen LogP contribution in [0.5, 0.6) is 5.75 Å². The van der Waals surface area contributed by atoms with E-state index >= 15 is 0 Å². The van der Waals surface area contributed by atoms with E-state index in [4.69, 9.17) is 4.74 Å². The Hall–Kier alpha value is -1.28. The monoisotopic (exact) mass is 287 g/mol. The van der Waals surface area contributed by atoms with Crippen LogP contribution in [-0.4, -0.2) is 24.6 Å². The Kier molecular flexibility index (Phi) is 6.81. The molecule has 1 atom stereocenters. The van der Waals surface area contributed by atoms with E-state index in [1.165, 1.54) is 50.6 Å². The van der Waals surface area contributed by atoms with Crippen molar-refractivity contribution in [1.29, 1.82) is 0 Å². The van der Waals surface area contributed by atoms with Crippen LogP contribution >= 0.6 is 0 Å². The second-order valence-corrected chi connectivity index (χ2v) is 5.95. The minimum absolute atomic E-state index is 0.623. The van der Waals surface area contributed by atoms with Crippen molar-refractivity contribution in [2.45, 2.75) is 58.0 Å². The van der Waals surface area contributed by atoms with Gasteiger partial charge in [0.2, 0.25) is 0 Å². The molecule has 0 spiro atoms. The molecular formula is C19H29NO. The molecule has 1 aliphatic rings. The van der Waals surface area contributed by atoms with Crippen LogP contribution in [0.4, 0.5) is 0 Å². The summed E-state index contributed by atoms with van der Waals surface area (Å²) < 4.78 is 5.23. The van der Waals surface area contributed by atoms with Crippen molar-refractivity contribution in [3.63, 3.8) is 0 Å². The average molecular weight is 287 g/mol. The first-order valence-corrected chi connectivity index (χ1v) is 8.37. The summed E-state index contributed by atoms with van der Waals surface area (Å²) in [4.78, 5) is 2.62. The lowest BCUT2D eigenvalue weighted by molar-refractivity contribution is 0.202. The summed E-state index contributed by atoms with van der Waals surface area (Å²) in [5.41, 5.74) is 1.38. The second kappa shape index (κ2) is 8.89. The third kappa shape index (κ3) is 5.20. The quantitative estimate of drug-likeness (QED) is 0.503. The van der Waals surface area contributed by atoms with Gasteiger partial charge in [0, 0.05) is 19.1 Å². The fraction of sp³-hybridized carbons (Fsp3) is 0.579. The largest absolute Gasteiger partial charge is 0.497 e. The molecule has 21 heavy (non-hydrogen) atoms. The topological polar surface area (TPSA) is 12.5 Å². The van der Waals surface area contributed by atoms with Gasteiger partial charge >= 0.3 is 0 Å². The molecule has 1 aromatic rings. The molecule has 0 aliphatic carbocycles. The predicted octanol–water partition coefficient (Wildman–Crippen LogP) is 4.80. The first-order valence-electron chi connectivity index (χ1n) is 8.37. The molecule has 0 amide bonds. The molecule has 0 aromatic heterocycles. The molecule has 2 nitrogen and oxygen atoms in total. The van der Waals surface area contributed by atoms with Crippen LogP contribution in [-0.2, 0) is 6.54 Å². The van der Waals surface area contributed by atoms with Crippen molar-refractivity contribution in [3.05, 3.63) is 42.0 Å². The van der Waals surface area contributed by atoms with Gasteiger partial charge in [-0.25, -0.2) is 0 Å². The number of ether oxygens (including phenoxy) is 1. The van der Waals surface area contributed by atoms with E-state index in [1.54, 1.807) is 7.11 Å². The van der Waals surface area contributed by atoms with E-state index in [0.717, 1.165) is 12.3 Å². The maximum Gasteiger partial charge on any atom is 0.118 e. The SMILES string of the molecule is CCCCCCC1C=CCCN1Cc1ccc(OC)cc1. The summed E-state index contributed by atoms with van der Waals surface area (Å²) in [6.45, 7) is 4.50. The van der Waals surface area contributed by atoms with E-state index < -0.39 is 0 Å². The molecule has 1 aliphatic heterocycles. The molecule has 0 saturated heterocycles. The molecule has 1 aromatic carbocycles. The minimum atomic E-state index is 0.623. The molecule has 0 fully saturated rings. The highest BCUT2D eigenvalue weighted by Gasteiger charge is 2.18. The highest BCUT2D eigenvalue weighted by molar-refractivity contribution is 5.27. The van der Waals surface area contributed by atoms with Crippen LogP contribution in [0.1, 0.15) is 51.0 Å². The normalized spacial score (nSPS) is 18.9. The lowest BCUT2D eigenvalue weighted by atomic mass is 10.0. The molecule has 0 N–H and O–H groups in total. The molecule has 1 unspecified atom stereocenters. The second-order valence-electron chi connectivity index (χ2n) is 5.95. The van der Waals surface area contributed by atoms with Gasteiger partial charge in [-0.2, -0.15) is 0 Å². The number of methoxy groups -OCH3 is 1. The summed E-state index contributed by atoms with van der Waals surface area (Å²) >= 11 is 0. The maximum atomic E-state index is 5.23. The van der Waals surface area contributed by atoms with Gasteiger partial charge in [0.05, 0.1) is 7.11 Å². The molecular weight excluding hydrogens is 258 g/mol. The molecule has 116 valence electrons. The van der Waals surface area contributed by atoms with Gasteiger partial charge in [-0.15, -0.1) is 0 Å². The number of hydrogen-bond donors (Lipinski definition) is 0. The number of benzene rings is 1. The van der Waals surface area contributed by atoms with Gasteiger partial charge in [0.1, 0.15) is 5.75 Å². The Morgan fingerprint density at radius 2 is 1.95 bits per heavy atom. The third-order valence-corrected chi connectivity index (χ3v) is 4.31. The zero-order valence-electron chi connectivity index (χ0n) is 13.6. The Morgan fingerprint density at radius 1 is 1.14 bits per heavy atom. The van der Waals surface area contributed by atoms with Gasteiger partial charge in [0.25, 0.3) is 0 Å². The van der Waals surface area contributed by atoms with Crippen LogP contribution in [0.3, 0.4) is 0 Å². The van der Waals surface area contributed by atoms with Gasteiger partial charge in [-0.1, -0.05) is 56.9 Å². The Morgan fingerprint density at radius 3 is 2.67 bits per heavy atom. The predicted molar refractivity (Wildman–Crippen MR) is 89.7 cm³/mol. The van der Waals surface area contributed by atoms with Crippen LogP contribution in [0.25, 0.3) is 0 Å². The molecule has 0 bridgehead atoms. The molecule has 0 saturated carbocycles. The standard InChI is InChI=1S/C19H29NO/c1-3-4-5-6-9-18-10-7-8-15-20(18)16-17-11-13-19(21-2)14-12-17/h7,10-14,18H,3-6,8-9,15-16H2,1-2H3. The fourth-order valence-electron chi connectivity index (χ4n) is 3.00. The van der Waals surface area contributed by atoms with Crippen molar-refractivity contribution < 1.29 is 4.74 Å². The van der Waals surface area contributed by atoms with Crippen molar-refractivity contribution in [2.75, 3.05) is 13.7 Å². The molecule has 1 heterocycles. The van der Waals surface area contributed by atoms with E-state index in [0.29, 0.717) is 6.04 Å². The van der Waals surface area contributed by atoms with Crippen molar-refractivity contribution in [1.82, 2.24) is 4.90 Å². The van der Waals surface area contributed by atoms with Crippen LogP contribution < -0.4 is 4.74 Å². The minimum Gasteiger partial charge on any atom is -0.497 e.